The lowest BCUT2D eigenvalue weighted by Gasteiger charge is -2.18. The third-order valence-electron chi connectivity index (χ3n) is 6.17. The van der Waals surface area contributed by atoms with Crippen molar-refractivity contribution in [2.75, 3.05) is 6.61 Å². The molecule has 0 spiro atoms. The van der Waals surface area contributed by atoms with Gasteiger partial charge in [-0.25, -0.2) is 9.18 Å². The SMILES string of the molecule is CCC[C@H](C)Oc1cc(-n2nc(C(O)OC(C)OCC)n(C)c2=O)c(F)cc1C(=O)Cc1ccccc1C. The molecule has 3 aromatic rings. The van der Waals surface area contributed by atoms with E-state index in [2.05, 4.69) is 5.10 Å². The van der Waals surface area contributed by atoms with Crippen molar-refractivity contribution in [1.82, 2.24) is 14.3 Å². The van der Waals surface area contributed by atoms with Crippen molar-refractivity contribution in [3.63, 3.8) is 0 Å². The summed E-state index contributed by atoms with van der Waals surface area (Å²) in [5, 5.41) is 14.6. The quantitative estimate of drug-likeness (QED) is 0.258. The number of benzene rings is 2. The average molecular weight is 530 g/mol. The maximum absolute atomic E-state index is 15.5. The average Bonchev–Trinajstić information content (AvgIpc) is 3.15. The molecule has 0 aliphatic carbocycles. The smallest absolute Gasteiger partial charge is 0.350 e. The molecule has 0 aliphatic heterocycles. The Morgan fingerprint density at radius 3 is 2.55 bits per heavy atom. The number of hydrogen-bond donors (Lipinski definition) is 1. The Hall–Kier alpha value is -3.34. The van der Waals surface area contributed by atoms with Crippen LogP contribution in [0.3, 0.4) is 0 Å². The van der Waals surface area contributed by atoms with Crippen molar-refractivity contribution < 1.29 is 28.5 Å². The van der Waals surface area contributed by atoms with Crippen LogP contribution in [0.1, 0.15) is 74.1 Å². The number of aliphatic hydroxyl groups excluding tert-OH is 1. The Morgan fingerprint density at radius 2 is 1.89 bits per heavy atom. The Bertz CT molecular complexity index is 1320. The van der Waals surface area contributed by atoms with Crippen LogP contribution in [0.15, 0.2) is 41.2 Å². The second-order valence-corrected chi connectivity index (χ2v) is 9.17. The minimum Gasteiger partial charge on any atom is -0.490 e. The minimum atomic E-state index is -1.59. The van der Waals surface area contributed by atoms with E-state index < -0.39 is 24.1 Å². The fourth-order valence-corrected chi connectivity index (χ4v) is 4.12. The molecule has 0 radical (unpaired) electrons. The van der Waals surface area contributed by atoms with E-state index in [1.807, 2.05) is 45.0 Å². The van der Waals surface area contributed by atoms with Crippen LogP contribution in [-0.2, 0) is 22.9 Å². The molecule has 9 nitrogen and oxygen atoms in total. The Kier molecular flexibility index (Phi) is 9.96. The highest BCUT2D eigenvalue weighted by Crippen LogP contribution is 2.29. The second-order valence-electron chi connectivity index (χ2n) is 9.17. The Morgan fingerprint density at radius 1 is 1.18 bits per heavy atom. The van der Waals surface area contributed by atoms with Crippen molar-refractivity contribution in [2.45, 2.75) is 72.6 Å². The Labute approximate surface area is 221 Å². The Balaban J connectivity index is 2.04. The highest BCUT2D eigenvalue weighted by Gasteiger charge is 2.25. The first-order valence-electron chi connectivity index (χ1n) is 12.8. The van der Waals surface area contributed by atoms with Gasteiger partial charge in [0.05, 0.1) is 11.7 Å². The molecule has 3 atom stereocenters. The zero-order chi connectivity index (χ0) is 28.0. The summed E-state index contributed by atoms with van der Waals surface area (Å²) in [6.07, 6.45) is -0.968. The van der Waals surface area contributed by atoms with Gasteiger partial charge in [-0.15, -0.1) is 5.10 Å². The van der Waals surface area contributed by atoms with Gasteiger partial charge >= 0.3 is 5.69 Å². The van der Waals surface area contributed by atoms with E-state index >= 15 is 4.39 Å². The zero-order valence-electron chi connectivity index (χ0n) is 22.7. The summed E-state index contributed by atoms with van der Waals surface area (Å²) in [5.74, 6) is -1.13. The van der Waals surface area contributed by atoms with Gasteiger partial charge in [-0.2, -0.15) is 4.68 Å². The normalized spacial score (nSPS) is 13.8. The number of ether oxygens (including phenoxy) is 3. The summed E-state index contributed by atoms with van der Waals surface area (Å²) in [7, 11) is 1.39. The third-order valence-corrected chi connectivity index (χ3v) is 6.17. The highest BCUT2D eigenvalue weighted by molar-refractivity contribution is 6.00. The van der Waals surface area contributed by atoms with Crippen molar-refractivity contribution in [2.24, 2.45) is 7.05 Å². The summed E-state index contributed by atoms with van der Waals surface area (Å²) in [6, 6.07) is 9.88. The summed E-state index contributed by atoms with van der Waals surface area (Å²) in [4.78, 5) is 26.3. The highest BCUT2D eigenvalue weighted by atomic mass is 19.1. The first kappa shape index (κ1) is 29.2. The van der Waals surface area contributed by atoms with Crippen LogP contribution in [0.4, 0.5) is 4.39 Å². The molecule has 206 valence electrons. The van der Waals surface area contributed by atoms with Crippen molar-refractivity contribution in [3.8, 4) is 11.4 Å². The predicted molar refractivity (Wildman–Crippen MR) is 140 cm³/mol. The fourth-order valence-electron chi connectivity index (χ4n) is 4.12. The number of ketones is 1. The molecule has 0 bridgehead atoms. The fraction of sp³-hybridized carbons (Fsp3) is 0.464. The van der Waals surface area contributed by atoms with E-state index in [4.69, 9.17) is 14.2 Å². The summed E-state index contributed by atoms with van der Waals surface area (Å²) in [6.45, 7) is 9.51. The van der Waals surface area contributed by atoms with Crippen LogP contribution >= 0.6 is 0 Å². The van der Waals surface area contributed by atoms with Gasteiger partial charge in [-0.3, -0.25) is 9.36 Å². The molecule has 38 heavy (non-hydrogen) atoms. The number of halogens is 1. The van der Waals surface area contributed by atoms with E-state index in [0.717, 1.165) is 32.9 Å². The molecule has 10 heteroatoms. The first-order valence-corrected chi connectivity index (χ1v) is 12.8. The van der Waals surface area contributed by atoms with Crippen molar-refractivity contribution >= 4 is 5.78 Å². The van der Waals surface area contributed by atoms with Crippen LogP contribution in [0.25, 0.3) is 5.69 Å². The zero-order valence-corrected chi connectivity index (χ0v) is 22.7. The first-order chi connectivity index (χ1) is 18.1. The van der Waals surface area contributed by atoms with Gasteiger partial charge in [0.2, 0.25) is 6.29 Å². The molecule has 0 amide bonds. The maximum atomic E-state index is 15.5. The molecule has 0 saturated carbocycles. The molecular weight excluding hydrogens is 493 g/mol. The summed E-state index contributed by atoms with van der Waals surface area (Å²) < 4.78 is 34.0. The van der Waals surface area contributed by atoms with E-state index in [1.54, 1.807) is 13.8 Å². The van der Waals surface area contributed by atoms with Crippen molar-refractivity contribution in [3.05, 3.63) is 75.2 Å². The van der Waals surface area contributed by atoms with Gasteiger partial charge in [-0.1, -0.05) is 37.6 Å². The lowest BCUT2D eigenvalue weighted by Crippen LogP contribution is -2.24. The monoisotopic (exact) mass is 529 g/mol. The molecule has 1 heterocycles. The molecule has 2 unspecified atom stereocenters. The predicted octanol–water partition coefficient (Wildman–Crippen LogP) is 4.40. The number of aliphatic hydroxyl groups is 1. The number of carbonyl (C=O) groups is 1. The number of rotatable bonds is 13. The van der Waals surface area contributed by atoms with E-state index in [0.29, 0.717) is 13.0 Å². The second kappa shape index (κ2) is 12.9. The number of hydrogen-bond acceptors (Lipinski definition) is 7. The molecule has 0 fully saturated rings. The molecule has 1 N–H and O–H groups in total. The van der Waals surface area contributed by atoms with Gasteiger partial charge in [-0.05, 0) is 51.3 Å². The lowest BCUT2D eigenvalue weighted by molar-refractivity contribution is -0.226. The number of aromatic nitrogens is 3. The summed E-state index contributed by atoms with van der Waals surface area (Å²) in [5.41, 5.74) is 0.933. The molecular formula is C28H36FN3O6. The third kappa shape index (κ3) is 6.75. The standard InChI is InChI=1S/C28H36FN3O6/c1-7-11-18(4)37-25-16-23(22(29)15-21(25)24(33)14-20-13-10-9-12-17(20)3)32-28(35)31(6)26(30-32)27(34)38-19(5)36-8-2/h9-10,12-13,15-16,18-19,27,34H,7-8,11,14H2,1-6H3/t18-,19?,27?/m0/s1. The van der Waals surface area contributed by atoms with E-state index in [1.165, 1.54) is 13.1 Å². The van der Waals surface area contributed by atoms with Crippen LogP contribution in [0, 0.1) is 12.7 Å². The number of aryl methyl sites for hydroxylation is 1. The van der Waals surface area contributed by atoms with Gasteiger partial charge in [0, 0.05) is 26.1 Å². The topological polar surface area (TPSA) is 105 Å². The molecule has 3 rings (SSSR count). The minimum absolute atomic E-state index is 0.0687. The molecule has 0 saturated heterocycles. The van der Waals surface area contributed by atoms with Crippen LogP contribution in [-0.4, -0.2) is 44.2 Å². The van der Waals surface area contributed by atoms with Crippen molar-refractivity contribution in [1.29, 1.82) is 0 Å². The van der Waals surface area contributed by atoms with Crippen LogP contribution < -0.4 is 10.4 Å². The van der Waals surface area contributed by atoms with Gasteiger partial charge < -0.3 is 19.3 Å². The van der Waals surface area contributed by atoms with Gasteiger partial charge in [0.25, 0.3) is 0 Å². The van der Waals surface area contributed by atoms with E-state index in [9.17, 15) is 14.7 Å². The largest absolute Gasteiger partial charge is 0.490 e. The number of carbonyl (C=O) groups excluding carboxylic acids is 1. The lowest BCUT2D eigenvalue weighted by atomic mass is 9.98. The van der Waals surface area contributed by atoms with Gasteiger partial charge in [0.1, 0.15) is 17.3 Å². The number of Topliss-reactive ketones (excluding diaryl/α,β-unsaturated/α-hetero) is 1. The van der Waals surface area contributed by atoms with Gasteiger partial charge in [0.15, 0.2) is 17.9 Å². The number of nitrogens with zero attached hydrogens (tertiary/aromatic N) is 3. The maximum Gasteiger partial charge on any atom is 0.350 e. The molecule has 2 aromatic carbocycles. The molecule has 0 aliphatic rings. The summed E-state index contributed by atoms with van der Waals surface area (Å²) >= 11 is 0. The van der Waals surface area contributed by atoms with Crippen LogP contribution in [0.5, 0.6) is 5.75 Å². The van der Waals surface area contributed by atoms with Crippen LogP contribution in [0.2, 0.25) is 0 Å². The van der Waals surface area contributed by atoms with E-state index in [-0.39, 0.29) is 41.1 Å². The molecule has 1 aromatic heterocycles.